The molecular weight excluding hydrogens is 456 g/mol. The van der Waals surface area contributed by atoms with Crippen molar-refractivity contribution in [2.24, 2.45) is 0 Å². The van der Waals surface area contributed by atoms with Crippen molar-refractivity contribution in [3.8, 4) is 0 Å². The highest BCUT2D eigenvalue weighted by molar-refractivity contribution is 14.1. The highest BCUT2D eigenvalue weighted by atomic mass is 127. The minimum atomic E-state index is -3.62. The maximum Gasteiger partial charge on any atom is 0.412 e. The van der Waals surface area contributed by atoms with Crippen LogP contribution in [0.5, 0.6) is 0 Å². The fourth-order valence-corrected chi connectivity index (χ4v) is 4.51. The van der Waals surface area contributed by atoms with Gasteiger partial charge in [0.2, 0.25) is 0 Å². The smallest absolute Gasteiger partial charge is 0.412 e. The fourth-order valence-electron chi connectivity index (χ4n) is 1.95. The first-order valence-electron chi connectivity index (χ1n) is 8.09. The Morgan fingerprint density at radius 3 is 2.08 bits per heavy atom. The van der Waals surface area contributed by atoms with Gasteiger partial charge in [-0.15, -0.1) is 0 Å². The third kappa shape index (κ3) is 7.64. The zero-order chi connectivity index (χ0) is 19.4. The van der Waals surface area contributed by atoms with Crippen molar-refractivity contribution in [2.45, 2.75) is 66.3 Å². The quantitative estimate of drug-likeness (QED) is 0.439. The average molecular weight is 483 g/mol. The summed E-state index contributed by atoms with van der Waals surface area (Å²) < 4.78 is 30.8. The molecule has 0 aliphatic heterocycles. The van der Waals surface area contributed by atoms with E-state index in [1.54, 1.807) is 66.7 Å². The largest absolute Gasteiger partial charge is 0.444 e. The summed E-state index contributed by atoms with van der Waals surface area (Å²) in [6.45, 7) is 12.5. The number of benzene rings is 1. The van der Waals surface area contributed by atoms with E-state index in [4.69, 9.17) is 13.8 Å². The number of hydrogen-bond donors (Lipinski definition) is 1. The van der Waals surface area contributed by atoms with Crippen LogP contribution >= 0.6 is 30.2 Å². The number of halogens is 1. The number of amides is 1. The van der Waals surface area contributed by atoms with Gasteiger partial charge >= 0.3 is 13.7 Å². The van der Waals surface area contributed by atoms with E-state index in [1.165, 1.54) is 0 Å². The second kappa shape index (κ2) is 8.84. The maximum absolute atomic E-state index is 13.4. The van der Waals surface area contributed by atoms with Crippen molar-refractivity contribution in [2.75, 3.05) is 5.32 Å². The SMILES string of the molecule is CC(C)OP(=O)(OC(C)C)c1ccc(I)cc1NC(=O)OC(C)(C)C. The summed E-state index contributed by atoms with van der Waals surface area (Å²) in [5.41, 5.74) is -0.288. The van der Waals surface area contributed by atoms with Gasteiger partial charge in [-0.1, -0.05) is 0 Å². The molecule has 0 heterocycles. The van der Waals surface area contributed by atoms with Gasteiger partial charge in [-0.05, 0) is 89.3 Å². The topological polar surface area (TPSA) is 73.9 Å². The van der Waals surface area contributed by atoms with Crippen LogP contribution in [0.15, 0.2) is 18.2 Å². The van der Waals surface area contributed by atoms with Crippen molar-refractivity contribution in [3.05, 3.63) is 21.8 Å². The van der Waals surface area contributed by atoms with E-state index in [2.05, 4.69) is 27.9 Å². The van der Waals surface area contributed by atoms with E-state index in [-0.39, 0.29) is 12.2 Å². The second-order valence-corrected chi connectivity index (χ2v) is 10.2. The van der Waals surface area contributed by atoms with Crippen LogP contribution in [0.2, 0.25) is 0 Å². The second-order valence-electron chi connectivity index (χ2n) is 7.09. The highest BCUT2D eigenvalue weighted by Gasteiger charge is 2.34. The number of hydrogen-bond acceptors (Lipinski definition) is 5. The molecule has 1 aromatic carbocycles. The molecule has 0 saturated heterocycles. The minimum absolute atomic E-state index is 0.307. The number of carbonyl (C=O) groups excluding carboxylic acids is 1. The van der Waals surface area contributed by atoms with Gasteiger partial charge in [0.05, 0.1) is 23.2 Å². The molecule has 0 bridgehead atoms. The Labute approximate surface area is 163 Å². The van der Waals surface area contributed by atoms with E-state index in [1.807, 2.05) is 0 Å². The normalized spacial score (nSPS) is 12.6. The minimum Gasteiger partial charge on any atom is -0.444 e. The van der Waals surface area contributed by atoms with Gasteiger partial charge in [-0.25, -0.2) is 4.79 Å². The molecule has 1 N–H and O–H groups in total. The van der Waals surface area contributed by atoms with Crippen LogP contribution in [0, 0.1) is 3.57 Å². The first-order valence-corrected chi connectivity index (χ1v) is 10.7. The molecule has 0 saturated carbocycles. The van der Waals surface area contributed by atoms with Gasteiger partial charge in [-0.3, -0.25) is 9.88 Å². The fraction of sp³-hybridized carbons (Fsp3) is 0.588. The summed E-state index contributed by atoms with van der Waals surface area (Å²) in [5, 5.41) is 2.97. The lowest BCUT2D eigenvalue weighted by Gasteiger charge is -2.25. The molecule has 1 aromatic rings. The van der Waals surface area contributed by atoms with Gasteiger partial charge in [0, 0.05) is 3.57 Å². The summed E-state index contributed by atoms with van der Waals surface area (Å²) in [4.78, 5) is 12.2. The summed E-state index contributed by atoms with van der Waals surface area (Å²) >= 11 is 2.11. The molecule has 0 radical (unpaired) electrons. The van der Waals surface area contributed by atoms with E-state index < -0.39 is 19.3 Å². The van der Waals surface area contributed by atoms with Crippen LogP contribution in [-0.2, 0) is 18.3 Å². The molecule has 8 heteroatoms. The number of ether oxygens (including phenoxy) is 1. The van der Waals surface area contributed by atoms with Crippen molar-refractivity contribution in [1.29, 1.82) is 0 Å². The monoisotopic (exact) mass is 483 g/mol. The standard InChI is InChI=1S/C17H27INO5P/c1-11(2)23-25(21,24-12(3)4)15-9-8-13(18)10-14(15)19-16(20)22-17(5,6)7/h8-12H,1-7H3,(H,19,20). The number of anilines is 1. The average Bonchev–Trinajstić information content (AvgIpc) is 2.33. The molecule has 0 aliphatic carbocycles. The Kier molecular flexibility index (Phi) is 7.93. The Balaban J connectivity index is 3.28. The Morgan fingerprint density at radius 2 is 1.64 bits per heavy atom. The Morgan fingerprint density at radius 1 is 1.12 bits per heavy atom. The van der Waals surface area contributed by atoms with Gasteiger partial charge in [0.15, 0.2) is 0 Å². The molecule has 1 rings (SSSR count). The van der Waals surface area contributed by atoms with Crippen molar-refractivity contribution in [1.82, 2.24) is 0 Å². The van der Waals surface area contributed by atoms with Crippen molar-refractivity contribution < 1.29 is 23.1 Å². The number of rotatable bonds is 6. The molecule has 1 amide bonds. The third-order valence-electron chi connectivity index (χ3n) is 2.59. The molecular formula is C17H27INO5P. The van der Waals surface area contributed by atoms with Crippen LogP contribution < -0.4 is 10.6 Å². The molecule has 0 unspecified atom stereocenters. The Bertz CT molecular complexity index is 641. The molecule has 0 aliphatic rings. The number of nitrogens with one attached hydrogen (secondary N) is 1. The van der Waals surface area contributed by atoms with E-state index >= 15 is 0 Å². The molecule has 0 aromatic heterocycles. The molecule has 6 nitrogen and oxygen atoms in total. The van der Waals surface area contributed by atoms with E-state index in [9.17, 15) is 9.36 Å². The number of carbonyl (C=O) groups is 1. The van der Waals surface area contributed by atoms with Crippen molar-refractivity contribution >= 4 is 47.3 Å². The molecule has 0 atom stereocenters. The summed E-state index contributed by atoms with van der Waals surface area (Å²) in [6, 6.07) is 5.15. The predicted octanol–water partition coefficient (Wildman–Crippen LogP) is 5.31. The molecule has 142 valence electrons. The molecule has 25 heavy (non-hydrogen) atoms. The lowest BCUT2D eigenvalue weighted by atomic mass is 10.2. The highest BCUT2D eigenvalue weighted by Crippen LogP contribution is 2.51. The van der Waals surface area contributed by atoms with Crippen LogP contribution in [0.1, 0.15) is 48.5 Å². The maximum atomic E-state index is 13.4. The van der Waals surface area contributed by atoms with Crippen LogP contribution in [-0.4, -0.2) is 23.9 Å². The first-order chi connectivity index (χ1) is 11.3. The predicted molar refractivity (Wildman–Crippen MR) is 109 cm³/mol. The lowest BCUT2D eigenvalue weighted by molar-refractivity contribution is 0.0636. The van der Waals surface area contributed by atoms with Gasteiger partial charge in [-0.2, -0.15) is 0 Å². The van der Waals surface area contributed by atoms with Crippen LogP contribution in [0.25, 0.3) is 0 Å². The zero-order valence-corrected chi connectivity index (χ0v) is 18.8. The van der Waals surface area contributed by atoms with Crippen LogP contribution in [0.4, 0.5) is 10.5 Å². The zero-order valence-electron chi connectivity index (χ0n) is 15.8. The third-order valence-corrected chi connectivity index (χ3v) is 5.64. The van der Waals surface area contributed by atoms with E-state index in [0.29, 0.717) is 11.0 Å². The van der Waals surface area contributed by atoms with Gasteiger partial charge in [0.25, 0.3) is 0 Å². The Hall–Kier alpha value is -0.630. The molecule has 0 fully saturated rings. The van der Waals surface area contributed by atoms with Crippen LogP contribution in [0.3, 0.4) is 0 Å². The first kappa shape index (κ1) is 22.4. The van der Waals surface area contributed by atoms with E-state index in [0.717, 1.165) is 3.57 Å². The lowest BCUT2D eigenvalue weighted by Crippen LogP contribution is -2.29. The summed E-state index contributed by atoms with van der Waals surface area (Å²) in [7, 11) is -3.62. The van der Waals surface area contributed by atoms with Gasteiger partial charge in [0.1, 0.15) is 5.60 Å². The summed E-state index contributed by atoms with van der Waals surface area (Å²) in [6.07, 6.45) is -1.24. The summed E-state index contributed by atoms with van der Waals surface area (Å²) in [5.74, 6) is 0. The van der Waals surface area contributed by atoms with Gasteiger partial charge < -0.3 is 13.8 Å². The van der Waals surface area contributed by atoms with Crippen molar-refractivity contribution in [3.63, 3.8) is 0 Å². The molecule has 0 spiro atoms.